The molecule has 7 heteroatoms. The Morgan fingerprint density at radius 3 is 2.44 bits per heavy atom. The fraction of sp³-hybridized carbons (Fsp3) is 0.350. The molecule has 0 aliphatic carbocycles. The summed E-state index contributed by atoms with van der Waals surface area (Å²) in [6.45, 7) is 4.98. The summed E-state index contributed by atoms with van der Waals surface area (Å²) >= 11 is 1.47. The molecule has 3 rings (SSSR count). The summed E-state index contributed by atoms with van der Waals surface area (Å²) < 4.78 is 26.9. The molecule has 0 bridgehead atoms. The molecule has 144 valence electrons. The first kappa shape index (κ1) is 19.9. The molecule has 0 spiro atoms. The second-order valence-electron chi connectivity index (χ2n) is 6.70. The molecule has 1 amide bonds. The first-order valence-corrected chi connectivity index (χ1v) is 11.3. The highest BCUT2D eigenvalue weighted by atomic mass is 32.2. The van der Waals surface area contributed by atoms with Gasteiger partial charge < -0.3 is 5.32 Å². The molecule has 2 aromatic rings. The third-order valence-corrected chi connectivity index (χ3v) is 7.51. The van der Waals surface area contributed by atoms with Crippen molar-refractivity contribution in [2.45, 2.75) is 41.7 Å². The number of anilines is 1. The number of thioether (sulfide) groups is 1. The van der Waals surface area contributed by atoms with Crippen LogP contribution in [0, 0.1) is 6.92 Å². The van der Waals surface area contributed by atoms with E-state index >= 15 is 0 Å². The van der Waals surface area contributed by atoms with Crippen LogP contribution in [0.15, 0.2) is 58.3 Å². The van der Waals surface area contributed by atoms with Gasteiger partial charge in [-0.25, -0.2) is 8.42 Å². The first-order valence-electron chi connectivity index (χ1n) is 9.01. The summed E-state index contributed by atoms with van der Waals surface area (Å²) in [6.07, 6.45) is 1.78. The Morgan fingerprint density at radius 2 is 1.78 bits per heavy atom. The molecular weight excluding hydrogens is 380 g/mol. The first-order chi connectivity index (χ1) is 12.9. The molecule has 0 saturated carbocycles. The molecular formula is C20H24N2O3S2. The van der Waals surface area contributed by atoms with Crippen LogP contribution in [0.2, 0.25) is 0 Å². The van der Waals surface area contributed by atoms with Crippen LogP contribution in [-0.2, 0) is 14.8 Å². The predicted molar refractivity (Wildman–Crippen MR) is 110 cm³/mol. The van der Waals surface area contributed by atoms with E-state index in [2.05, 4.69) is 5.32 Å². The van der Waals surface area contributed by atoms with Crippen molar-refractivity contribution in [1.29, 1.82) is 0 Å². The molecule has 5 nitrogen and oxygen atoms in total. The Kier molecular flexibility index (Phi) is 6.24. The minimum absolute atomic E-state index is 0.156. The summed E-state index contributed by atoms with van der Waals surface area (Å²) in [5.41, 5.74) is 1.67. The minimum Gasteiger partial charge on any atom is -0.325 e. The fourth-order valence-corrected chi connectivity index (χ4v) is 5.36. The molecule has 1 atom stereocenters. The average molecular weight is 405 g/mol. The van der Waals surface area contributed by atoms with E-state index in [4.69, 9.17) is 0 Å². The van der Waals surface area contributed by atoms with Crippen molar-refractivity contribution in [3.05, 3.63) is 54.1 Å². The Bertz CT molecular complexity index is 905. The smallest absolute Gasteiger partial charge is 0.243 e. The monoisotopic (exact) mass is 404 g/mol. The maximum atomic E-state index is 12.7. The van der Waals surface area contributed by atoms with E-state index in [1.54, 1.807) is 18.2 Å². The number of hydrogen-bond acceptors (Lipinski definition) is 4. The van der Waals surface area contributed by atoms with Crippen LogP contribution < -0.4 is 5.32 Å². The lowest BCUT2D eigenvalue weighted by molar-refractivity contribution is -0.115. The van der Waals surface area contributed by atoms with Crippen LogP contribution in [0.3, 0.4) is 0 Å². The summed E-state index contributed by atoms with van der Waals surface area (Å²) in [5.74, 6) is -0.156. The van der Waals surface area contributed by atoms with E-state index in [1.165, 1.54) is 27.7 Å². The van der Waals surface area contributed by atoms with Gasteiger partial charge in [0, 0.05) is 23.7 Å². The number of carbonyl (C=O) groups excluding carboxylic acids is 1. The number of benzene rings is 2. The maximum absolute atomic E-state index is 12.7. The number of rotatable bonds is 6. The van der Waals surface area contributed by atoms with Gasteiger partial charge in [0.2, 0.25) is 15.9 Å². The van der Waals surface area contributed by atoms with Crippen molar-refractivity contribution >= 4 is 33.4 Å². The lowest BCUT2D eigenvalue weighted by Gasteiger charge is -2.17. The number of amides is 1. The van der Waals surface area contributed by atoms with Crippen molar-refractivity contribution < 1.29 is 13.2 Å². The van der Waals surface area contributed by atoms with E-state index in [1.807, 2.05) is 38.1 Å². The molecule has 1 fully saturated rings. The molecule has 2 aromatic carbocycles. The second kappa shape index (κ2) is 8.46. The van der Waals surface area contributed by atoms with Crippen molar-refractivity contribution in [2.24, 2.45) is 0 Å². The number of sulfonamides is 1. The highest BCUT2D eigenvalue weighted by Gasteiger charge is 2.27. The zero-order valence-electron chi connectivity index (χ0n) is 15.5. The van der Waals surface area contributed by atoms with Gasteiger partial charge >= 0.3 is 0 Å². The zero-order chi connectivity index (χ0) is 19.4. The molecule has 1 N–H and O–H groups in total. The number of nitrogens with zero attached hydrogens (tertiary/aromatic N) is 1. The zero-order valence-corrected chi connectivity index (χ0v) is 17.1. The van der Waals surface area contributed by atoms with E-state index in [0.29, 0.717) is 18.8 Å². The molecule has 0 unspecified atom stereocenters. The number of carbonyl (C=O) groups is 1. The Hall–Kier alpha value is -1.83. The number of nitrogens with one attached hydrogen (secondary N) is 1. The molecule has 1 saturated heterocycles. The van der Waals surface area contributed by atoms with Crippen LogP contribution in [-0.4, -0.2) is 37.0 Å². The molecule has 1 heterocycles. The Balaban J connectivity index is 1.68. The predicted octanol–water partition coefficient (Wildman–Crippen LogP) is 3.90. The summed E-state index contributed by atoms with van der Waals surface area (Å²) in [5, 5.41) is 2.53. The molecule has 0 radical (unpaired) electrons. The van der Waals surface area contributed by atoms with Gasteiger partial charge in [-0.05, 0) is 57.0 Å². The van der Waals surface area contributed by atoms with Gasteiger partial charge in [0.1, 0.15) is 0 Å². The number of aryl methyl sites for hydroxylation is 1. The summed E-state index contributed by atoms with van der Waals surface area (Å²) in [6, 6.07) is 14.5. The van der Waals surface area contributed by atoms with Crippen molar-refractivity contribution in [2.75, 3.05) is 18.4 Å². The lowest BCUT2D eigenvalue weighted by atomic mass is 10.2. The topological polar surface area (TPSA) is 66.5 Å². The second-order valence-corrected chi connectivity index (χ2v) is 10.1. The van der Waals surface area contributed by atoms with Gasteiger partial charge in [0.15, 0.2) is 0 Å². The number of hydrogen-bond donors (Lipinski definition) is 1. The third kappa shape index (κ3) is 4.91. The van der Waals surface area contributed by atoms with E-state index in [-0.39, 0.29) is 16.1 Å². The molecule has 1 aliphatic rings. The van der Waals surface area contributed by atoms with E-state index in [0.717, 1.165) is 17.7 Å². The SMILES string of the molecule is Cc1ccc(S[C@@H](C)C(=O)Nc2cccc(S(=O)(=O)N3CCCC3)c2)cc1. The summed E-state index contributed by atoms with van der Waals surface area (Å²) in [7, 11) is -3.49. The average Bonchev–Trinajstić information content (AvgIpc) is 3.19. The van der Waals surface area contributed by atoms with Crippen molar-refractivity contribution in [3.8, 4) is 0 Å². The van der Waals surface area contributed by atoms with Crippen LogP contribution in [0.1, 0.15) is 25.3 Å². The highest BCUT2D eigenvalue weighted by molar-refractivity contribution is 8.00. The molecule has 1 aliphatic heterocycles. The van der Waals surface area contributed by atoms with E-state index < -0.39 is 10.0 Å². The van der Waals surface area contributed by atoms with Gasteiger partial charge in [-0.3, -0.25) is 4.79 Å². The van der Waals surface area contributed by atoms with Gasteiger partial charge in [-0.2, -0.15) is 4.31 Å². The van der Waals surface area contributed by atoms with Gasteiger partial charge in [-0.15, -0.1) is 11.8 Å². The van der Waals surface area contributed by atoms with Gasteiger partial charge in [0.05, 0.1) is 10.1 Å². The largest absolute Gasteiger partial charge is 0.325 e. The Morgan fingerprint density at radius 1 is 1.11 bits per heavy atom. The van der Waals surface area contributed by atoms with Crippen LogP contribution >= 0.6 is 11.8 Å². The molecule has 27 heavy (non-hydrogen) atoms. The molecule has 0 aromatic heterocycles. The minimum atomic E-state index is -3.49. The third-order valence-electron chi connectivity index (χ3n) is 4.51. The van der Waals surface area contributed by atoms with Crippen LogP contribution in [0.4, 0.5) is 5.69 Å². The van der Waals surface area contributed by atoms with Gasteiger partial charge in [-0.1, -0.05) is 23.8 Å². The highest BCUT2D eigenvalue weighted by Crippen LogP contribution is 2.26. The summed E-state index contributed by atoms with van der Waals surface area (Å²) in [4.78, 5) is 13.8. The van der Waals surface area contributed by atoms with E-state index in [9.17, 15) is 13.2 Å². The van der Waals surface area contributed by atoms with Gasteiger partial charge in [0.25, 0.3) is 0 Å². The quantitative estimate of drug-likeness (QED) is 0.742. The Labute approximate surface area is 165 Å². The fourth-order valence-electron chi connectivity index (χ4n) is 2.93. The normalized spacial score (nSPS) is 16.2. The van der Waals surface area contributed by atoms with Crippen LogP contribution in [0.5, 0.6) is 0 Å². The lowest BCUT2D eigenvalue weighted by Crippen LogP contribution is -2.28. The standard InChI is InChI=1S/C20H24N2O3S2/c1-15-8-10-18(11-9-15)26-16(2)20(23)21-17-6-5-7-19(14-17)27(24,25)22-12-3-4-13-22/h5-11,14,16H,3-4,12-13H2,1-2H3,(H,21,23)/t16-/m0/s1. The maximum Gasteiger partial charge on any atom is 0.243 e. The van der Waals surface area contributed by atoms with Crippen molar-refractivity contribution in [3.63, 3.8) is 0 Å². The van der Waals surface area contributed by atoms with Crippen molar-refractivity contribution in [1.82, 2.24) is 4.31 Å². The van der Waals surface area contributed by atoms with Crippen LogP contribution in [0.25, 0.3) is 0 Å².